The average Bonchev–Trinajstić information content (AvgIpc) is 2.69. The van der Waals surface area contributed by atoms with Crippen LogP contribution in [0.15, 0.2) is 58.7 Å². The summed E-state index contributed by atoms with van der Waals surface area (Å²) in [6.45, 7) is 1.13. The van der Waals surface area contributed by atoms with Crippen molar-refractivity contribution in [3.8, 4) is 0 Å². The van der Waals surface area contributed by atoms with Gasteiger partial charge in [0.2, 0.25) is 0 Å². The Labute approximate surface area is 161 Å². The fraction of sp³-hybridized carbons (Fsp3) is 0.222. The molecule has 0 aromatic heterocycles. The van der Waals surface area contributed by atoms with Gasteiger partial charge in [-0.25, -0.2) is 0 Å². The maximum atomic E-state index is 10.8. The van der Waals surface area contributed by atoms with Crippen LogP contribution in [0.3, 0.4) is 0 Å². The molecule has 10 nitrogen and oxygen atoms in total. The van der Waals surface area contributed by atoms with E-state index in [9.17, 15) is 20.2 Å². The summed E-state index contributed by atoms with van der Waals surface area (Å²) >= 11 is 0. The number of nitrogens with zero attached hydrogens (tertiary/aromatic N) is 6. The maximum absolute atomic E-state index is 10.8. The van der Waals surface area contributed by atoms with Crippen molar-refractivity contribution in [1.82, 2.24) is 10.0 Å². The highest BCUT2D eigenvalue weighted by Crippen LogP contribution is 2.12. The van der Waals surface area contributed by atoms with Gasteiger partial charge in [-0.3, -0.25) is 30.2 Å². The van der Waals surface area contributed by atoms with E-state index >= 15 is 0 Å². The van der Waals surface area contributed by atoms with Gasteiger partial charge in [0.05, 0.1) is 35.4 Å². The van der Waals surface area contributed by atoms with E-state index in [0.29, 0.717) is 24.2 Å². The summed E-state index contributed by atoms with van der Waals surface area (Å²) in [5, 5.41) is 33.4. The van der Waals surface area contributed by atoms with Crippen molar-refractivity contribution in [2.24, 2.45) is 10.2 Å². The van der Waals surface area contributed by atoms with Gasteiger partial charge in [-0.05, 0) is 0 Å². The lowest BCUT2D eigenvalue weighted by Crippen LogP contribution is -2.25. The van der Waals surface area contributed by atoms with Crippen LogP contribution in [0.4, 0.5) is 11.4 Å². The summed E-state index contributed by atoms with van der Waals surface area (Å²) in [5.74, 6) is 0. The van der Waals surface area contributed by atoms with Crippen molar-refractivity contribution in [2.45, 2.75) is 0 Å². The van der Waals surface area contributed by atoms with Gasteiger partial charge < -0.3 is 0 Å². The van der Waals surface area contributed by atoms with E-state index in [4.69, 9.17) is 0 Å². The SMILES string of the molecule is CN(CCN(C)/N=C/c1cccc([N+](=O)[O-])c1)/N=C/c1cccc([N+](=O)[O-])c1. The largest absolute Gasteiger partial charge is 0.298 e. The summed E-state index contributed by atoms with van der Waals surface area (Å²) in [6, 6.07) is 12.4. The quantitative estimate of drug-likeness (QED) is 0.373. The van der Waals surface area contributed by atoms with Gasteiger partial charge >= 0.3 is 0 Å². The molecule has 28 heavy (non-hydrogen) atoms. The first-order valence-corrected chi connectivity index (χ1v) is 8.34. The third-order valence-corrected chi connectivity index (χ3v) is 3.72. The normalized spacial score (nSPS) is 11.1. The molecule has 0 unspecified atom stereocenters. The second-order valence-electron chi connectivity index (χ2n) is 5.96. The highest BCUT2D eigenvalue weighted by atomic mass is 16.6. The molecule has 2 rings (SSSR count). The molecule has 0 radical (unpaired) electrons. The van der Waals surface area contributed by atoms with Crippen molar-refractivity contribution in [3.05, 3.63) is 79.9 Å². The van der Waals surface area contributed by atoms with E-state index in [-0.39, 0.29) is 11.4 Å². The summed E-state index contributed by atoms with van der Waals surface area (Å²) in [4.78, 5) is 20.7. The third-order valence-electron chi connectivity index (χ3n) is 3.72. The standard InChI is InChI=1S/C18H20N6O4/c1-21(19-13-15-5-3-7-17(11-15)23(25)26)9-10-22(2)20-14-16-6-4-8-18(12-16)24(27)28/h3-8,11-14H,9-10H2,1-2H3/b19-13+,20-14+. The fourth-order valence-electron chi connectivity index (χ4n) is 2.17. The van der Waals surface area contributed by atoms with Crippen LogP contribution in [0, 0.1) is 20.2 Å². The van der Waals surface area contributed by atoms with Crippen LogP contribution >= 0.6 is 0 Å². The second kappa shape index (κ2) is 9.76. The van der Waals surface area contributed by atoms with Crippen LogP contribution in [-0.4, -0.2) is 59.5 Å². The molecular weight excluding hydrogens is 364 g/mol. The number of non-ortho nitro benzene ring substituents is 2. The maximum Gasteiger partial charge on any atom is 0.270 e. The molecule has 10 heteroatoms. The third kappa shape index (κ3) is 6.48. The zero-order chi connectivity index (χ0) is 20.5. The smallest absolute Gasteiger partial charge is 0.270 e. The molecule has 0 N–H and O–H groups in total. The average molecular weight is 384 g/mol. The van der Waals surface area contributed by atoms with E-state index in [1.807, 2.05) is 0 Å². The molecule has 0 saturated heterocycles. The van der Waals surface area contributed by atoms with Crippen LogP contribution in [0.2, 0.25) is 0 Å². The van der Waals surface area contributed by atoms with E-state index in [2.05, 4.69) is 10.2 Å². The molecule has 146 valence electrons. The summed E-state index contributed by atoms with van der Waals surface area (Å²) in [5.41, 5.74) is 1.31. The zero-order valence-corrected chi connectivity index (χ0v) is 15.5. The number of hydrogen-bond donors (Lipinski definition) is 0. The van der Waals surface area contributed by atoms with Crippen molar-refractivity contribution in [3.63, 3.8) is 0 Å². The molecule has 0 atom stereocenters. The Morgan fingerprint density at radius 2 is 1.21 bits per heavy atom. The molecule has 0 saturated carbocycles. The minimum atomic E-state index is -0.449. The van der Waals surface area contributed by atoms with Gasteiger partial charge in [0, 0.05) is 49.5 Å². The summed E-state index contributed by atoms with van der Waals surface area (Å²) in [7, 11) is 3.57. The monoisotopic (exact) mass is 384 g/mol. The van der Waals surface area contributed by atoms with Crippen molar-refractivity contribution in [1.29, 1.82) is 0 Å². The van der Waals surface area contributed by atoms with Crippen LogP contribution < -0.4 is 0 Å². The van der Waals surface area contributed by atoms with Gasteiger partial charge in [0.25, 0.3) is 11.4 Å². The molecule has 0 aliphatic heterocycles. The Morgan fingerprint density at radius 1 is 0.821 bits per heavy atom. The first kappa shape index (κ1) is 20.5. The minimum Gasteiger partial charge on any atom is -0.298 e. The van der Waals surface area contributed by atoms with Gasteiger partial charge in [-0.15, -0.1) is 0 Å². The molecule has 0 heterocycles. The lowest BCUT2D eigenvalue weighted by molar-refractivity contribution is -0.385. The number of benzene rings is 2. The molecule has 0 bridgehead atoms. The topological polar surface area (TPSA) is 117 Å². The molecule has 0 fully saturated rings. The number of likely N-dealkylation sites (N-methyl/N-ethyl adjacent to an activating group) is 2. The fourth-order valence-corrected chi connectivity index (χ4v) is 2.17. The lowest BCUT2D eigenvalue weighted by atomic mass is 10.2. The van der Waals surface area contributed by atoms with Crippen molar-refractivity contribution >= 4 is 23.8 Å². The molecule has 2 aromatic rings. The molecule has 0 aliphatic rings. The van der Waals surface area contributed by atoms with Crippen LogP contribution in [0.5, 0.6) is 0 Å². The number of rotatable bonds is 9. The first-order valence-electron chi connectivity index (χ1n) is 8.34. The Morgan fingerprint density at radius 3 is 1.57 bits per heavy atom. The van der Waals surface area contributed by atoms with E-state index < -0.39 is 9.85 Å². The van der Waals surface area contributed by atoms with Gasteiger partial charge in [0.1, 0.15) is 0 Å². The molecule has 0 spiro atoms. The lowest BCUT2D eigenvalue weighted by Gasteiger charge is -2.17. The number of nitro groups is 2. The highest BCUT2D eigenvalue weighted by Gasteiger charge is 2.05. The highest BCUT2D eigenvalue weighted by molar-refractivity contribution is 5.80. The predicted molar refractivity (Wildman–Crippen MR) is 107 cm³/mol. The Kier molecular flexibility index (Phi) is 7.14. The van der Waals surface area contributed by atoms with Crippen LogP contribution in [0.1, 0.15) is 11.1 Å². The summed E-state index contributed by atoms with van der Waals surface area (Å²) in [6.07, 6.45) is 3.11. The van der Waals surface area contributed by atoms with E-state index in [0.717, 1.165) is 0 Å². The Balaban J connectivity index is 1.85. The Bertz CT molecular complexity index is 826. The van der Waals surface area contributed by atoms with E-state index in [1.54, 1.807) is 60.8 Å². The van der Waals surface area contributed by atoms with Crippen molar-refractivity contribution < 1.29 is 9.85 Å². The van der Waals surface area contributed by atoms with Crippen molar-refractivity contribution in [2.75, 3.05) is 27.2 Å². The van der Waals surface area contributed by atoms with Gasteiger partial charge in [-0.2, -0.15) is 10.2 Å². The molecule has 0 aliphatic carbocycles. The van der Waals surface area contributed by atoms with E-state index in [1.165, 1.54) is 24.3 Å². The number of hydrazone groups is 2. The van der Waals surface area contributed by atoms with Gasteiger partial charge in [0.15, 0.2) is 0 Å². The zero-order valence-electron chi connectivity index (χ0n) is 15.5. The minimum absolute atomic E-state index is 0.0156. The van der Waals surface area contributed by atoms with Gasteiger partial charge in [-0.1, -0.05) is 24.3 Å². The molecule has 0 amide bonds. The Hall–Kier alpha value is -3.82. The number of hydrogen-bond acceptors (Lipinski definition) is 8. The predicted octanol–water partition coefficient (Wildman–Crippen LogP) is 2.73. The molecule has 2 aromatic carbocycles. The summed E-state index contributed by atoms with van der Waals surface area (Å²) < 4.78 is 0. The second-order valence-corrected chi connectivity index (χ2v) is 5.96. The van der Waals surface area contributed by atoms with Crippen LogP contribution in [0.25, 0.3) is 0 Å². The first-order chi connectivity index (χ1) is 13.3. The van der Waals surface area contributed by atoms with Crippen LogP contribution in [-0.2, 0) is 0 Å². The molecular formula is C18H20N6O4. The number of nitro benzene ring substituents is 2.